The minimum absolute atomic E-state index is 0.0521. The van der Waals surface area contributed by atoms with E-state index < -0.39 is 27.8 Å². The monoisotopic (exact) mass is 238 g/mol. The summed E-state index contributed by atoms with van der Waals surface area (Å²) >= 11 is 10.4. The smallest absolute Gasteiger partial charge is 0.310 e. The molecule has 1 rings (SSSR count). The Labute approximate surface area is 90.5 Å². The highest BCUT2D eigenvalue weighted by Crippen LogP contribution is 2.56. The van der Waals surface area contributed by atoms with E-state index in [1.54, 1.807) is 6.92 Å². The molecule has 0 saturated heterocycles. The van der Waals surface area contributed by atoms with Gasteiger partial charge in [-0.1, -0.05) is 0 Å². The minimum Gasteiger partial charge on any atom is -0.466 e. The molecule has 1 saturated carbocycles. The predicted octanol–water partition coefficient (Wildman–Crippen LogP) is 1.09. The molecule has 4 nitrogen and oxygen atoms in total. The van der Waals surface area contributed by atoms with Gasteiger partial charge >= 0.3 is 5.97 Å². The van der Waals surface area contributed by atoms with Gasteiger partial charge in [0, 0.05) is 0 Å². The Morgan fingerprint density at radius 3 is 2.14 bits per heavy atom. The molecule has 0 aromatic heterocycles. The maximum Gasteiger partial charge on any atom is 0.310 e. The molecule has 0 radical (unpaired) electrons. The quantitative estimate of drug-likeness (QED) is 0.418. The molecule has 0 spiro atoms. The first-order valence-corrected chi connectivity index (χ1v) is 4.79. The maximum atomic E-state index is 11.2. The van der Waals surface area contributed by atoms with E-state index in [0.29, 0.717) is 0 Å². The summed E-state index contributed by atoms with van der Waals surface area (Å²) in [4.78, 5) is 33.1. The highest BCUT2D eigenvalue weighted by Gasteiger charge is 2.68. The van der Waals surface area contributed by atoms with Crippen LogP contribution in [0.4, 0.5) is 0 Å². The highest BCUT2D eigenvalue weighted by atomic mass is 35.5. The van der Waals surface area contributed by atoms with Crippen molar-refractivity contribution in [2.75, 3.05) is 6.61 Å². The molecular weight excluding hydrogens is 231 g/mol. The van der Waals surface area contributed by atoms with Gasteiger partial charge in [0.25, 0.3) is 0 Å². The van der Waals surface area contributed by atoms with Crippen molar-refractivity contribution < 1.29 is 19.1 Å². The fourth-order valence-corrected chi connectivity index (χ4v) is 1.94. The third kappa shape index (κ3) is 1.64. The Kier molecular flexibility index (Phi) is 3.17. The van der Waals surface area contributed by atoms with Gasteiger partial charge in [-0.05, 0) is 36.5 Å². The molecule has 14 heavy (non-hydrogen) atoms. The Hall–Kier alpha value is -0.610. The van der Waals surface area contributed by atoms with E-state index in [1.165, 1.54) is 0 Å². The fourth-order valence-electron chi connectivity index (χ4n) is 1.30. The first-order chi connectivity index (χ1) is 6.46. The molecule has 0 unspecified atom stereocenters. The van der Waals surface area contributed by atoms with Crippen LogP contribution >= 0.6 is 23.2 Å². The van der Waals surface area contributed by atoms with Crippen LogP contribution < -0.4 is 0 Å². The van der Waals surface area contributed by atoms with E-state index in [2.05, 4.69) is 4.74 Å². The van der Waals surface area contributed by atoms with Crippen molar-refractivity contribution in [3.8, 4) is 0 Å². The minimum atomic E-state index is -1.53. The number of carbonyl (C=O) groups is 3. The SMILES string of the molecule is CCOC(=O)[C@H]1CC1(C(=O)Cl)C(=O)Cl. The van der Waals surface area contributed by atoms with Gasteiger partial charge < -0.3 is 4.74 Å². The molecule has 1 atom stereocenters. The zero-order valence-corrected chi connectivity index (χ0v) is 8.89. The third-order valence-corrected chi connectivity index (χ3v) is 2.91. The van der Waals surface area contributed by atoms with Crippen LogP contribution in [0.2, 0.25) is 0 Å². The number of ether oxygens (including phenoxy) is 1. The van der Waals surface area contributed by atoms with E-state index in [-0.39, 0.29) is 13.0 Å². The summed E-state index contributed by atoms with van der Waals surface area (Å²) in [5, 5.41) is -1.79. The fraction of sp³-hybridized carbons (Fsp3) is 0.625. The van der Waals surface area contributed by atoms with Crippen molar-refractivity contribution in [2.45, 2.75) is 13.3 Å². The summed E-state index contributed by atoms with van der Waals surface area (Å²) in [5.74, 6) is -1.41. The molecule has 0 bridgehead atoms. The van der Waals surface area contributed by atoms with Gasteiger partial charge in [-0.25, -0.2) is 0 Å². The lowest BCUT2D eigenvalue weighted by molar-refractivity contribution is -0.147. The van der Waals surface area contributed by atoms with E-state index in [9.17, 15) is 14.4 Å². The molecule has 1 aliphatic carbocycles. The summed E-state index contributed by atoms with van der Waals surface area (Å²) in [6.45, 7) is 1.82. The second kappa shape index (κ2) is 3.87. The Morgan fingerprint density at radius 2 is 1.86 bits per heavy atom. The average Bonchev–Trinajstić information content (AvgIpc) is 2.79. The number of esters is 1. The Bertz CT molecular complexity index is 286. The molecule has 0 amide bonds. The van der Waals surface area contributed by atoms with Gasteiger partial charge in [0.15, 0.2) is 0 Å². The molecule has 0 aromatic carbocycles. The number of halogens is 2. The first-order valence-electron chi connectivity index (χ1n) is 4.03. The van der Waals surface area contributed by atoms with Gasteiger partial charge in [0.1, 0.15) is 5.41 Å². The third-order valence-electron chi connectivity index (χ3n) is 2.23. The number of rotatable bonds is 4. The zero-order chi connectivity index (χ0) is 10.9. The number of carbonyl (C=O) groups excluding carboxylic acids is 3. The molecule has 1 aliphatic rings. The summed E-state index contributed by atoms with van der Waals surface area (Å²) < 4.78 is 4.66. The van der Waals surface area contributed by atoms with Gasteiger partial charge in [-0.15, -0.1) is 0 Å². The van der Waals surface area contributed by atoms with Crippen LogP contribution in [0.3, 0.4) is 0 Å². The van der Waals surface area contributed by atoms with Crippen molar-refractivity contribution in [3.05, 3.63) is 0 Å². The van der Waals surface area contributed by atoms with E-state index in [0.717, 1.165) is 0 Å². The summed E-state index contributed by atoms with van der Waals surface area (Å²) in [7, 11) is 0. The maximum absolute atomic E-state index is 11.2. The molecule has 0 aliphatic heterocycles. The van der Waals surface area contributed by atoms with Crippen LogP contribution in [-0.2, 0) is 19.1 Å². The number of hydrogen-bond acceptors (Lipinski definition) is 4. The lowest BCUT2D eigenvalue weighted by Gasteiger charge is -2.05. The standard InChI is InChI=1S/C8H8Cl2O4/c1-2-14-5(11)4-3-8(4,6(9)12)7(10)13/h4H,2-3H2,1H3/t4-/m1/s1. The summed E-state index contributed by atoms with van der Waals surface area (Å²) in [6, 6.07) is 0. The van der Waals surface area contributed by atoms with Gasteiger partial charge in [-0.3, -0.25) is 14.4 Å². The highest BCUT2D eigenvalue weighted by molar-refractivity contribution is 6.75. The molecule has 6 heteroatoms. The topological polar surface area (TPSA) is 60.4 Å². The first kappa shape index (κ1) is 11.5. The zero-order valence-electron chi connectivity index (χ0n) is 7.38. The molecule has 1 fully saturated rings. The van der Waals surface area contributed by atoms with Crippen molar-refractivity contribution >= 4 is 39.7 Å². The molecular formula is C8H8Cl2O4. The lowest BCUT2D eigenvalue weighted by Crippen LogP contribution is -2.24. The van der Waals surface area contributed by atoms with Crippen LogP contribution in [0.5, 0.6) is 0 Å². The van der Waals surface area contributed by atoms with Crippen LogP contribution in [0.1, 0.15) is 13.3 Å². The molecule has 0 N–H and O–H groups in total. The lowest BCUT2D eigenvalue weighted by atomic mass is 10.1. The van der Waals surface area contributed by atoms with Crippen molar-refractivity contribution in [2.24, 2.45) is 11.3 Å². The Morgan fingerprint density at radius 1 is 1.36 bits per heavy atom. The molecule has 0 heterocycles. The van der Waals surface area contributed by atoms with Crippen LogP contribution in [0, 0.1) is 11.3 Å². The Balaban J connectivity index is 2.76. The largest absolute Gasteiger partial charge is 0.466 e. The van der Waals surface area contributed by atoms with E-state index in [4.69, 9.17) is 23.2 Å². The van der Waals surface area contributed by atoms with Crippen molar-refractivity contribution in [1.82, 2.24) is 0 Å². The van der Waals surface area contributed by atoms with Gasteiger partial charge in [-0.2, -0.15) is 0 Å². The average molecular weight is 239 g/mol. The van der Waals surface area contributed by atoms with Gasteiger partial charge in [0.2, 0.25) is 10.5 Å². The molecule has 0 aromatic rings. The normalized spacial score (nSPS) is 22.6. The number of hydrogen-bond donors (Lipinski definition) is 0. The van der Waals surface area contributed by atoms with Crippen molar-refractivity contribution in [3.63, 3.8) is 0 Å². The molecule has 78 valence electrons. The second-order valence-electron chi connectivity index (χ2n) is 3.03. The van der Waals surface area contributed by atoms with Crippen molar-refractivity contribution in [1.29, 1.82) is 0 Å². The van der Waals surface area contributed by atoms with Gasteiger partial charge in [0.05, 0.1) is 12.5 Å². The summed E-state index contributed by atoms with van der Waals surface area (Å²) in [6.07, 6.45) is 0.0521. The predicted molar refractivity (Wildman–Crippen MR) is 48.9 cm³/mol. The van der Waals surface area contributed by atoms with Crippen LogP contribution in [0.25, 0.3) is 0 Å². The van der Waals surface area contributed by atoms with E-state index in [1.807, 2.05) is 0 Å². The second-order valence-corrected chi connectivity index (χ2v) is 3.71. The van der Waals surface area contributed by atoms with E-state index >= 15 is 0 Å². The summed E-state index contributed by atoms with van der Waals surface area (Å²) in [5.41, 5.74) is -1.53. The van der Waals surface area contributed by atoms with Crippen LogP contribution in [-0.4, -0.2) is 23.1 Å². The van der Waals surface area contributed by atoms with Crippen LogP contribution in [0.15, 0.2) is 0 Å².